The standard InChI is InChI=1S/C25H22N2O3S2/c1-30-20-12-13-21-22(16-20)32-25(27(21)14-15-31-2)26-24(29)19-10-8-18(9-11-19)23(28)17-6-4-3-5-7-17/h3-13,16H,14-15H2,1-2H3. The van der Waals surface area contributed by atoms with Gasteiger partial charge in [-0.1, -0.05) is 53.8 Å². The second-order valence-corrected chi connectivity index (χ2v) is 9.05. The Hall–Kier alpha value is -3.16. The number of rotatable bonds is 7. The Labute approximate surface area is 194 Å². The number of carbonyl (C=O) groups is 2. The highest BCUT2D eigenvalue weighted by Gasteiger charge is 2.12. The monoisotopic (exact) mass is 462 g/mol. The summed E-state index contributed by atoms with van der Waals surface area (Å²) in [5.74, 6) is 1.28. The molecule has 0 fully saturated rings. The van der Waals surface area contributed by atoms with Gasteiger partial charge in [0, 0.05) is 29.0 Å². The molecule has 0 atom stereocenters. The van der Waals surface area contributed by atoms with Gasteiger partial charge in [-0.2, -0.15) is 16.8 Å². The zero-order chi connectivity index (χ0) is 22.5. The number of thiazole rings is 1. The minimum Gasteiger partial charge on any atom is -0.497 e. The molecule has 5 nitrogen and oxygen atoms in total. The largest absolute Gasteiger partial charge is 0.497 e. The van der Waals surface area contributed by atoms with E-state index < -0.39 is 0 Å². The molecule has 0 aliphatic carbocycles. The van der Waals surface area contributed by atoms with Crippen LogP contribution in [0.4, 0.5) is 0 Å². The van der Waals surface area contributed by atoms with Crippen LogP contribution < -0.4 is 9.54 Å². The van der Waals surface area contributed by atoms with Crippen LogP contribution in [-0.4, -0.2) is 35.4 Å². The minimum atomic E-state index is -0.333. The third-order valence-electron chi connectivity index (χ3n) is 5.04. The molecule has 3 aromatic carbocycles. The van der Waals surface area contributed by atoms with Crippen molar-refractivity contribution in [1.82, 2.24) is 4.57 Å². The highest BCUT2D eigenvalue weighted by atomic mass is 32.2. The Morgan fingerprint density at radius 1 is 0.969 bits per heavy atom. The van der Waals surface area contributed by atoms with Gasteiger partial charge in [-0.3, -0.25) is 9.59 Å². The maximum Gasteiger partial charge on any atom is 0.279 e. The summed E-state index contributed by atoms with van der Waals surface area (Å²) in [5.41, 5.74) is 2.63. The van der Waals surface area contributed by atoms with Crippen LogP contribution in [0.1, 0.15) is 26.3 Å². The number of thioether (sulfide) groups is 1. The van der Waals surface area contributed by atoms with Gasteiger partial charge in [-0.25, -0.2) is 0 Å². The van der Waals surface area contributed by atoms with Crippen LogP contribution in [0.25, 0.3) is 10.2 Å². The summed E-state index contributed by atoms with van der Waals surface area (Å²) in [5, 5.41) is 0. The Morgan fingerprint density at radius 3 is 2.34 bits per heavy atom. The van der Waals surface area contributed by atoms with E-state index in [1.54, 1.807) is 55.3 Å². The average molecular weight is 463 g/mol. The number of hydrogen-bond donors (Lipinski definition) is 0. The smallest absolute Gasteiger partial charge is 0.279 e. The second kappa shape index (κ2) is 9.97. The van der Waals surface area contributed by atoms with Gasteiger partial charge in [-0.05, 0) is 36.6 Å². The van der Waals surface area contributed by atoms with Crippen molar-refractivity contribution in [3.8, 4) is 5.75 Å². The van der Waals surface area contributed by atoms with Crippen LogP contribution in [-0.2, 0) is 6.54 Å². The number of amides is 1. The maximum absolute atomic E-state index is 12.9. The Balaban J connectivity index is 1.66. The lowest BCUT2D eigenvalue weighted by atomic mass is 10.0. The Morgan fingerprint density at radius 2 is 1.66 bits per heavy atom. The molecule has 0 radical (unpaired) electrons. The number of aromatic nitrogens is 1. The van der Waals surface area contributed by atoms with Crippen molar-refractivity contribution < 1.29 is 14.3 Å². The van der Waals surface area contributed by atoms with Gasteiger partial charge in [0.05, 0.1) is 17.3 Å². The fourth-order valence-corrected chi connectivity index (χ4v) is 4.78. The van der Waals surface area contributed by atoms with E-state index in [0.717, 1.165) is 28.3 Å². The fourth-order valence-electron chi connectivity index (χ4n) is 3.34. The summed E-state index contributed by atoms with van der Waals surface area (Å²) in [6, 6.07) is 21.6. The van der Waals surface area contributed by atoms with Crippen LogP contribution in [0, 0.1) is 0 Å². The van der Waals surface area contributed by atoms with Crippen LogP contribution in [0.3, 0.4) is 0 Å². The minimum absolute atomic E-state index is 0.0742. The quantitative estimate of drug-likeness (QED) is 0.361. The zero-order valence-electron chi connectivity index (χ0n) is 17.8. The van der Waals surface area contributed by atoms with Gasteiger partial charge in [0.2, 0.25) is 0 Å². The summed E-state index contributed by atoms with van der Waals surface area (Å²) in [4.78, 5) is 30.6. The molecule has 0 unspecified atom stereocenters. The van der Waals surface area contributed by atoms with E-state index in [0.29, 0.717) is 21.5 Å². The molecule has 1 heterocycles. The van der Waals surface area contributed by atoms with Gasteiger partial charge < -0.3 is 9.30 Å². The first kappa shape index (κ1) is 22.0. The number of fused-ring (bicyclic) bond motifs is 1. The first-order valence-corrected chi connectivity index (χ1v) is 12.3. The number of benzene rings is 3. The SMILES string of the molecule is COc1ccc2c(c1)sc(=NC(=O)c1ccc(C(=O)c3ccccc3)cc1)n2CCSC. The van der Waals surface area contributed by atoms with Gasteiger partial charge in [0.15, 0.2) is 10.6 Å². The van der Waals surface area contributed by atoms with Crippen LogP contribution in [0.5, 0.6) is 5.75 Å². The topological polar surface area (TPSA) is 60.7 Å². The van der Waals surface area contributed by atoms with Crippen molar-refractivity contribution >= 4 is 45.0 Å². The predicted octanol–water partition coefficient (Wildman–Crippen LogP) is 5.05. The number of ether oxygens (including phenoxy) is 1. The summed E-state index contributed by atoms with van der Waals surface area (Å²) in [6.45, 7) is 0.754. The van der Waals surface area contributed by atoms with E-state index in [9.17, 15) is 9.59 Å². The van der Waals surface area contributed by atoms with Crippen molar-refractivity contribution in [1.29, 1.82) is 0 Å². The van der Waals surface area contributed by atoms with Gasteiger partial charge in [0.1, 0.15) is 5.75 Å². The number of methoxy groups -OCH3 is 1. The molecule has 0 bridgehead atoms. The molecule has 7 heteroatoms. The molecule has 1 aromatic heterocycles. The summed E-state index contributed by atoms with van der Waals surface area (Å²) >= 11 is 3.21. The molecule has 4 rings (SSSR count). The molecule has 0 spiro atoms. The Kier molecular flexibility index (Phi) is 6.87. The molecule has 1 amide bonds. The summed E-state index contributed by atoms with van der Waals surface area (Å²) in [7, 11) is 1.64. The van der Waals surface area contributed by atoms with E-state index in [1.165, 1.54) is 11.3 Å². The number of carbonyl (C=O) groups excluding carboxylic acids is 2. The van der Waals surface area contributed by atoms with Crippen molar-refractivity contribution in [2.45, 2.75) is 6.54 Å². The van der Waals surface area contributed by atoms with Crippen molar-refractivity contribution in [2.75, 3.05) is 19.1 Å². The number of ketones is 1. The predicted molar refractivity (Wildman–Crippen MR) is 131 cm³/mol. The Bertz CT molecular complexity index is 1320. The first-order chi connectivity index (χ1) is 15.6. The molecular weight excluding hydrogens is 440 g/mol. The normalized spacial score (nSPS) is 11.6. The molecule has 0 N–H and O–H groups in total. The molecule has 0 aliphatic rings. The number of aryl methyl sites for hydroxylation is 1. The van der Waals surface area contributed by atoms with E-state index in [2.05, 4.69) is 15.8 Å². The highest BCUT2D eigenvalue weighted by Crippen LogP contribution is 2.23. The summed E-state index contributed by atoms with van der Waals surface area (Å²) in [6.07, 6.45) is 2.05. The van der Waals surface area contributed by atoms with E-state index in [4.69, 9.17) is 4.74 Å². The maximum atomic E-state index is 12.9. The molecule has 0 aliphatic heterocycles. The average Bonchev–Trinajstić information content (AvgIpc) is 3.18. The van der Waals surface area contributed by atoms with Crippen LogP contribution in [0.15, 0.2) is 77.8 Å². The zero-order valence-corrected chi connectivity index (χ0v) is 19.4. The fraction of sp³-hybridized carbons (Fsp3) is 0.160. The molecular formula is C25H22N2O3S2. The lowest BCUT2D eigenvalue weighted by Crippen LogP contribution is -2.18. The van der Waals surface area contributed by atoms with E-state index >= 15 is 0 Å². The first-order valence-electron chi connectivity index (χ1n) is 10.1. The van der Waals surface area contributed by atoms with Crippen molar-refractivity contribution in [3.05, 3.63) is 94.3 Å². The van der Waals surface area contributed by atoms with Gasteiger partial charge >= 0.3 is 0 Å². The molecule has 4 aromatic rings. The number of hydrogen-bond acceptors (Lipinski definition) is 5. The van der Waals surface area contributed by atoms with Crippen LogP contribution >= 0.6 is 23.1 Å². The lowest BCUT2D eigenvalue weighted by molar-refractivity contribution is 0.0994. The van der Waals surface area contributed by atoms with Gasteiger partial charge in [0.25, 0.3) is 5.91 Å². The van der Waals surface area contributed by atoms with Gasteiger partial charge in [-0.15, -0.1) is 0 Å². The molecule has 0 saturated carbocycles. The highest BCUT2D eigenvalue weighted by molar-refractivity contribution is 7.98. The van der Waals surface area contributed by atoms with Crippen molar-refractivity contribution in [3.63, 3.8) is 0 Å². The number of nitrogens with zero attached hydrogens (tertiary/aromatic N) is 2. The molecule has 162 valence electrons. The van der Waals surface area contributed by atoms with Crippen molar-refractivity contribution in [2.24, 2.45) is 4.99 Å². The van der Waals surface area contributed by atoms with E-state index in [1.807, 2.05) is 36.4 Å². The third-order valence-corrected chi connectivity index (χ3v) is 6.67. The van der Waals surface area contributed by atoms with E-state index in [-0.39, 0.29) is 11.7 Å². The van der Waals surface area contributed by atoms with Crippen LogP contribution in [0.2, 0.25) is 0 Å². The molecule has 0 saturated heterocycles. The lowest BCUT2D eigenvalue weighted by Gasteiger charge is -2.05. The third kappa shape index (κ3) is 4.69. The molecule has 32 heavy (non-hydrogen) atoms. The second-order valence-electron chi connectivity index (χ2n) is 7.05. The summed E-state index contributed by atoms with van der Waals surface area (Å²) < 4.78 is 8.42.